The molecule has 80 valence electrons. The number of aromatic amines is 1. The third-order valence-electron chi connectivity index (χ3n) is 2.55. The molecule has 1 N–H and O–H groups in total. The van der Waals surface area contributed by atoms with E-state index in [9.17, 15) is 0 Å². The summed E-state index contributed by atoms with van der Waals surface area (Å²) in [7, 11) is 0. The van der Waals surface area contributed by atoms with Crippen molar-refractivity contribution in [2.45, 2.75) is 6.42 Å². The molecule has 0 saturated heterocycles. The Labute approximate surface area is 95.3 Å². The van der Waals surface area contributed by atoms with Gasteiger partial charge in [0.25, 0.3) is 0 Å². The Morgan fingerprint density at radius 2 is 1.88 bits per heavy atom. The third-order valence-corrected chi connectivity index (χ3v) is 2.55. The molecule has 2 aromatic rings. The van der Waals surface area contributed by atoms with E-state index >= 15 is 0 Å². The zero-order chi connectivity index (χ0) is 11.4. The standard InChI is InChI=1S/C14H14N2/c1-3-13-12(14(4-2)16-15-13)10-11-8-6-5-7-9-11/h3-9H,1-2,10H2,(H,15,16). The summed E-state index contributed by atoms with van der Waals surface area (Å²) < 4.78 is 0. The minimum absolute atomic E-state index is 0.847. The van der Waals surface area contributed by atoms with Gasteiger partial charge < -0.3 is 0 Å². The number of rotatable bonds is 4. The van der Waals surface area contributed by atoms with Crippen LogP contribution >= 0.6 is 0 Å². The zero-order valence-corrected chi connectivity index (χ0v) is 9.11. The Bertz CT molecular complexity index is 469. The van der Waals surface area contributed by atoms with Crippen LogP contribution in [0.5, 0.6) is 0 Å². The van der Waals surface area contributed by atoms with Gasteiger partial charge in [-0.3, -0.25) is 5.10 Å². The number of H-pyrrole nitrogens is 1. The first-order chi connectivity index (χ1) is 7.85. The lowest BCUT2D eigenvalue weighted by Crippen LogP contribution is -1.91. The second-order valence-electron chi connectivity index (χ2n) is 3.57. The summed E-state index contributed by atoms with van der Waals surface area (Å²) in [5.41, 5.74) is 4.28. The van der Waals surface area contributed by atoms with E-state index in [-0.39, 0.29) is 0 Å². The van der Waals surface area contributed by atoms with Gasteiger partial charge in [-0.05, 0) is 17.7 Å². The van der Waals surface area contributed by atoms with Gasteiger partial charge in [0, 0.05) is 12.0 Å². The highest BCUT2D eigenvalue weighted by atomic mass is 15.1. The Morgan fingerprint density at radius 3 is 2.50 bits per heavy atom. The maximum absolute atomic E-state index is 4.19. The second kappa shape index (κ2) is 4.62. The van der Waals surface area contributed by atoms with E-state index in [2.05, 4.69) is 35.5 Å². The fraction of sp³-hybridized carbons (Fsp3) is 0.0714. The van der Waals surface area contributed by atoms with E-state index in [1.54, 1.807) is 12.2 Å². The van der Waals surface area contributed by atoms with Crippen molar-refractivity contribution in [1.29, 1.82) is 0 Å². The molecule has 0 saturated carbocycles. The van der Waals surface area contributed by atoms with Gasteiger partial charge in [-0.25, -0.2) is 0 Å². The van der Waals surface area contributed by atoms with Gasteiger partial charge in [-0.2, -0.15) is 5.10 Å². The van der Waals surface area contributed by atoms with E-state index in [0.717, 1.165) is 23.4 Å². The number of benzene rings is 1. The number of nitrogens with zero attached hydrogens (tertiary/aromatic N) is 1. The van der Waals surface area contributed by atoms with Crippen LogP contribution < -0.4 is 0 Å². The normalized spacial score (nSPS) is 10.0. The molecule has 16 heavy (non-hydrogen) atoms. The molecule has 0 atom stereocenters. The Balaban J connectivity index is 2.36. The van der Waals surface area contributed by atoms with E-state index in [0.29, 0.717) is 0 Å². The molecule has 0 aliphatic heterocycles. The molecule has 0 spiro atoms. The second-order valence-corrected chi connectivity index (χ2v) is 3.57. The van der Waals surface area contributed by atoms with Crippen LogP contribution in [0.3, 0.4) is 0 Å². The first-order valence-electron chi connectivity index (χ1n) is 5.21. The lowest BCUT2D eigenvalue weighted by atomic mass is 10.0. The largest absolute Gasteiger partial charge is 0.278 e. The average Bonchev–Trinajstić information content (AvgIpc) is 2.72. The van der Waals surface area contributed by atoms with Crippen LogP contribution in [0.4, 0.5) is 0 Å². The predicted molar refractivity (Wildman–Crippen MR) is 68.0 cm³/mol. The van der Waals surface area contributed by atoms with Crippen molar-refractivity contribution in [2.24, 2.45) is 0 Å². The molecule has 0 fully saturated rings. The van der Waals surface area contributed by atoms with Gasteiger partial charge in [0.1, 0.15) is 0 Å². The summed E-state index contributed by atoms with van der Waals surface area (Å²) in [5.74, 6) is 0. The quantitative estimate of drug-likeness (QED) is 0.824. The minimum atomic E-state index is 0.847. The maximum Gasteiger partial charge on any atom is 0.0884 e. The number of hydrogen-bond acceptors (Lipinski definition) is 1. The molecular weight excluding hydrogens is 196 g/mol. The van der Waals surface area contributed by atoms with Gasteiger partial charge in [-0.15, -0.1) is 0 Å². The molecule has 2 rings (SSSR count). The summed E-state index contributed by atoms with van der Waals surface area (Å²) in [6, 6.07) is 10.3. The van der Waals surface area contributed by atoms with Crippen LogP contribution in [0, 0.1) is 0 Å². The first kappa shape index (κ1) is 10.4. The highest BCUT2D eigenvalue weighted by Gasteiger charge is 2.08. The monoisotopic (exact) mass is 210 g/mol. The van der Waals surface area contributed by atoms with E-state index < -0.39 is 0 Å². The Morgan fingerprint density at radius 1 is 1.12 bits per heavy atom. The molecule has 0 amide bonds. The lowest BCUT2D eigenvalue weighted by molar-refractivity contribution is 1.07. The van der Waals surface area contributed by atoms with Crippen LogP contribution in [0.25, 0.3) is 12.2 Å². The topological polar surface area (TPSA) is 28.7 Å². The zero-order valence-electron chi connectivity index (χ0n) is 9.11. The van der Waals surface area contributed by atoms with Crippen molar-refractivity contribution in [3.05, 3.63) is 66.0 Å². The number of hydrogen-bond donors (Lipinski definition) is 1. The molecule has 0 unspecified atom stereocenters. The van der Waals surface area contributed by atoms with Gasteiger partial charge in [0.15, 0.2) is 0 Å². The average molecular weight is 210 g/mol. The van der Waals surface area contributed by atoms with Crippen LogP contribution in [0.1, 0.15) is 22.5 Å². The van der Waals surface area contributed by atoms with Crippen LogP contribution in [-0.4, -0.2) is 10.2 Å². The summed E-state index contributed by atoms with van der Waals surface area (Å²) in [5, 5.41) is 7.14. The molecule has 1 aromatic heterocycles. The van der Waals surface area contributed by atoms with Gasteiger partial charge >= 0.3 is 0 Å². The SMILES string of the molecule is C=Cc1n[nH]c(C=C)c1Cc1ccccc1. The fourth-order valence-electron chi connectivity index (χ4n) is 1.72. The molecule has 1 aromatic carbocycles. The molecule has 0 radical (unpaired) electrons. The van der Waals surface area contributed by atoms with Crippen molar-refractivity contribution in [3.63, 3.8) is 0 Å². The first-order valence-corrected chi connectivity index (χ1v) is 5.21. The van der Waals surface area contributed by atoms with Crippen LogP contribution in [-0.2, 0) is 6.42 Å². The highest BCUT2D eigenvalue weighted by molar-refractivity contribution is 5.58. The lowest BCUT2D eigenvalue weighted by Gasteiger charge is -2.01. The summed E-state index contributed by atoms with van der Waals surface area (Å²) in [6.45, 7) is 7.54. The molecule has 1 heterocycles. The van der Waals surface area contributed by atoms with Crippen molar-refractivity contribution in [3.8, 4) is 0 Å². The number of aromatic nitrogens is 2. The molecular formula is C14H14N2. The molecule has 0 aliphatic carbocycles. The summed E-state index contributed by atoms with van der Waals surface area (Å²) in [4.78, 5) is 0. The maximum atomic E-state index is 4.19. The van der Waals surface area contributed by atoms with E-state index in [1.165, 1.54) is 5.56 Å². The number of nitrogens with one attached hydrogen (secondary N) is 1. The van der Waals surface area contributed by atoms with Crippen LogP contribution in [0.15, 0.2) is 43.5 Å². The van der Waals surface area contributed by atoms with Gasteiger partial charge in [0.05, 0.1) is 11.4 Å². The Hall–Kier alpha value is -2.09. The summed E-state index contributed by atoms with van der Waals surface area (Å²) >= 11 is 0. The highest BCUT2D eigenvalue weighted by Crippen LogP contribution is 2.18. The molecule has 2 nitrogen and oxygen atoms in total. The minimum Gasteiger partial charge on any atom is -0.278 e. The molecule has 2 heteroatoms. The molecule has 0 aliphatic rings. The fourth-order valence-corrected chi connectivity index (χ4v) is 1.72. The summed E-state index contributed by atoms with van der Waals surface area (Å²) in [6.07, 6.45) is 4.40. The Kier molecular flexibility index (Phi) is 3.01. The third kappa shape index (κ3) is 1.96. The van der Waals surface area contributed by atoms with Crippen molar-refractivity contribution < 1.29 is 0 Å². The van der Waals surface area contributed by atoms with Crippen LogP contribution in [0.2, 0.25) is 0 Å². The van der Waals surface area contributed by atoms with E-state index in [1.807, 2.05) is 18.2 Å². The smallest absolute Gasteiger partial charge is 0.0884 e. The van der Waals surface area contributed by atoms with Gasteiger partial charge in [-0.1, -0.05) is 43.5 Å². The van der Waals surface area contributed by atoms with Crippen molar-refractivity contribution in [1.82, 2.24) is 10.2 Å². The van der Waals surface area contributed by atoms with Crippen molar-refractivity contribution >= 4 is 12.2 Å². The van der Waals surface area contributed by atoms with Crippen molar-refractivity contribution in [2.75, 3.05) is 0 Å². The predicted octanol–water partition coefficient (Wildman–Crippen LogP) is 3.29. The van der Waals surface area contributed by atoms with E-state index in [4.69, 9.17) is 0 Å². The van der Waals surface area contributed by atoms with Gasteiger partial charge in [0.2, 0.25) is 0 Å². The molecule has 0 bridgehead atoms.